The molecule has 17 heavy (non-hydrogen) atoms. The zero-order valence-corrected chi connectivity index (χ0v) is 14.5. The van der Waals surface area contributed by atoms with Gasteiger partial charge in [0.2, 0.25) is 0 Å². The summed E-state index contributed by atoms with van der Waals surface area (Å²) in [5, 5.41) is 2.84. The second kappa shape index (κ2) is 6.58. The maximum atomic E-state index is 6.32. The number of halogens is 3. The summed E-state index contributed by atoms with van der Waals surface area (Å²) in [6.45, 7) is 6.61. The van der Waals surface area contributed by atoms with E-state index in [-0.39, 0.29) is 5.41 Å². The molecular formula is C14H19Br2Cl. The highest BCUT2D eigenvalue weighted by Gasteiger charge is 2.32. The number of rotatable bonds is 5. The zero-order chi connectivity index (χ0) is 13.1. The van der Waals surface area contributed by atoms with Crippen molar-refractivity contribution in [2.75, 3.05) is 10.7 Å². The van der Waals surface area contributed by atoms with Crippen LogP contribution >= 0.6 is 43.5 Å². The van der Waals surface area contributed by atoms with Gasteiger partial charge in [0.25, 0.3) is 0 Å². The van der Waals surface area contributed by atoms with Gasteiger partial charge in [0, 0.05) is 15.7 Å². The molecule has 0 saturated carbocycles. The van der Waals surface area contributed by atoms with E-state index in [0.717, 1.165) is 22.1 Å². The summed E-state index contributed by atoms with van der Waals surface area (Å²) < 4.78 is 0. The van der Waals surface area contributed by atoms with E-state index in [4.69, 9.17) is 11.6 Å². The number of benzene rings is 1. The molecule has 0 aliphatic carbocycles. The summed E-state index contributed by atoms with van der Waals surface area (Å²) in [6, 6.07) is 6.33. The summed E-state index contributed by atoms with van der Waals surface area (Å²) in [6.07, 6.45) is 1.00. The van der Waals surface area contributed by atoms with Crippen LogP contribution in [-0.2, 0) is 6.42 Å². The molecule has 0 atom stereocenters. The van der Waals surface area contributed by atoms with Crippen molar-refractivity contribution < 1.29 is 0 Å². The summed E-state index contributed by atoms with van der Waals surface area (Å²) >= 11 is 13.6. The SMILES string of the molecule is Cc1ccc(CC(CBr)(CBr)C(C)C)c(Cl)c1. The molecule has 0 spiro atoms. The topological polar surface area (TPSA) is 0 Å². The largest absolute Gasteiger partial charge is 0.0921 e. The van der Waals surface area contributed by atoms with Gasteiger partial charge in [0.15, 0.2) is 0 Å². The Morgan fingerprint density at radius 3 is 2.24 bits per heavy atom. The molecule has 0 aliphatic rings. The van der Waals surface area contributed by atoms with Crippen LogP contribution in [0.1, 0.15) is 25.0 Å². The van der Waals surface area contributed by atoms with Crippen LogP contribution in [0.4, 0.5) is 0 Å². The monoisotopic (exact) mass is 380 g/mol. The van der Waals surface area contributed by atoms with E-state index in [9.17, 15) is 0 Å². The molecule has 0 amide bonds. The summed E-state index contributed by atoms with van der Waals surface area (Å²) in [5.74, 6) is 0.596. The van der Waals surface area contributed by atoms with Crippen LogP contribution in [-0.4, -0.2) is 10.7 Å². The quantitative estimate of drug-likeness (QED) is 0.580. The molecule has 0 aromatic heterocycles. The van der Waals surface area contributed by atoms with Gasteiger partial charge in [0.05, 0.1) is 0 Å². The number of aryl methyl sites for hydroxylation is 1. The highest BCUT2D eigenvalue weighted by atomic mass is 79.9. The van der Waals surface area contributed by atoms with Gasteiger partial charge >= 0.3 is 0 Å². The lowest BCUT2D eigenvalue weighted by molar-refractivity contribution is 0.268. The van der Waals surface area contributed by atoms with Crippen LogP contribution in [0.5, 0.6) is 0 Å². The molecular weight excluding hydrogens is 363 g/mol. The third kappa shape index (κ3) is 3.71. The second-order valence-electron chi connectivity index (χ2n) is 5.06. The van der Waals surface area contributed by atoms with Crippen LogP contribution < -0.4 is 0 Å². The standard InChI is InChI=1S/C14H19Br2Cl/c1-10(2)14(8-15,9-16)7-12-5-4-11(3)6-13(12)17/h4-6,10H,7-9H2,1-3H3. The van der Waals surface area contributed by atoms with Crippen molar-refractivity contribution in [1.82, 2.24) is 0 Å². The Labute approximate surface area is 126 Å². The van der Waals surface area contributed by atoms with Crippen LogP contribution in [0.25, 0.3) is 0 Å². The Kier molecular flexibility index (Phi) is 6.01. The lowest BCUT2D eigenvalue weighted by Crippen LogP contribution is -2.33. The molecule has 0 N–H and O–H groups in total. The maximum absolute atomic E-state index is 6.32. The van der Waals surface area contributed by atoms with E-state index < -0.39 is 0 Å². The lowest BCUT2D eigenvalue weighted by atomic mass is 9.76. The first-order chi connectivity index (χ1) is 7.95. The van der Waals surface area contributed by atoms with Gasteiger partial charge in [-0.2, -0.15) is 0 Å². The molecule has 0 radical (unpaired) electrons. The third-order valence-electron chi connectivity index (χ3n) is 3.51. The van der Waals surface area contributed by atoms with Crippen LogP contribution in [0.15, 0.2) is 18.2 Å². The first-order valence-electron chi connectivity index (χ1n) is 5.82. The fourth-order valence-corrected chi connectivity index (χ4v) is 4.74. The minimum absolute atomic E-state index is 0.221. The first-order valence-corrected chi connectivity index (χ1v) is 8.44. The number of hydrogen-bond donors (Lipinski definition) is 0. The smallest absolute Gasteiger partial charge is 0.0440 e. The predicted octanol–water partition coefficient (Wildman–Crippen LogP) is 5.62. The Morgan fingerprint density at radius 2 is 1.82 bits per heavy atom. The number of alkyl halides is 2. The molecule has 0 nitrogen and oxygen atoms in total. The van der Waals surface area contributed by atoms with E-state index in [1.807, 2.05) is 6.07 Å². The fourth-order valence-electron chi connectivity index (χ4n) is 1.82. The van der Waals surface area contributed by atoms with Crippen molar-refractivity contribution in [3.05, 3.63) is 34.3 Å². The van der Waals surface area contributed by atoms with Crippen molar-refractivity contribution in [2.45, 2.75) is 27.2 Å². The highest BCUT2D eigenvalue weighted by molar-refractivity contribution is 9.09. The third-order valence-corrected chi connectivity index (χ3v) is 6.09. The van der Waals surface area contributed by atoms with Crippen LogP contribution in [0.3, 0.4) is 0 Å². The summed E-state index contributed by atoms with van der Waals surface area (Å²) in [4.78, 5) is 0. The van der Waals surface area contributed by atoms with Crippen molar-refractivity contribution in [3.63, 3.8) is 0 Å². The van der Waals surface area contributed by atoms with Crippen molar-refractivity contribution in [3.8, 4) is 0 Å². The van der Waals surface area contributed by atoms with E-state index in [0.29, 0.717) is 5.92 Å². The van der Waals surface area contributed by atoms with Crippen molar-refractivity contribution in [2.24, 2.45) is 11.3 Å². The average molecular weight is 383 g/mol. The van der Waals surface area contributed by atoms with E-state index >= 15 is 0 Å². The van der Waals surface area contributed by atoms with Gasteiger partial charge in [-0.05, 0) is 41.9 Å². The molecule has 1 aromatic rings. The maximum Gasteiger partial charge on any atom is 0.0440 e. The molecule has 1 rings (SSSR count). The van der Waals surface area contributed by atoms with Crippen LogP contribution in [0.2, 0.25) is 5.02 Å². The van der Waals surface area contributed by atoms with Gasteiger partial charge in [-0.25, -0.2) is 0 Å². The Morgan fingerprint density at radius 1 is 1.24 bits per heavy atom. The highest BCUT2D eigenvalue weighted by Crippen LogP contribution is 2.37. The van der Waals surface area contributed by atoms with Crippen molar-refractivity contribution in [1.29, 1.82) is 0 Å². The lowest BCUT2D eigenvalue weighted by Gasteiger charge is -2.35. The van der Waals surface area contributed by atoms with Gasteiger partial charge < -0.3 is 0 Å². The minimum atomic E-state index is 0.221. The van der Waals surface area contributed by atoms with Gasteiger partial charge in [0.1, 0.15) is 0 Å². The van der Waals surface area contributed by atoms with E-state index in [2.05, 4.69) is 64.8 Å². The molecule has 3 heteroatoms. The summed E-state index contributed by atoms with van der Waals surface area (Å²) in [5.41, 5.74) is 2.68. The molecule has 0 heterocycles. The van der Waals surface area contributed by atoms with Gasteiger partial charge in [-0.15, -0.1) is 0 Å². The van der Waals surface area contributed by atoms with E-state index in [1.165, 1.54) is 11.1 Å². The fraction of sp³-hybridized carbons (Fsp3) is 0.571. The van der Waals surface area contributed by atoms with Crippen molar-refractivity contribution >= 4 is 43.5 Å². The Balaban J connectivity index is 3.01. The Bertz CT molecular complexity index is 370. The molecule has 0 saturated heterocycles. The molecule has 0 bridgehead atoms. The molecule has 0 aliphatic heterocycles. The number of hydrogen-bond acceptors (Lipinski definition) is 0. The van der Waals surface area contributed by atoms with E-state index in [1.54, 1.807) is 0 Å². The minimum Gasteiger partial charge on any atom is -0.0921 e. The van der Waals surface area contributed by atoms with Gasteiger partial charge in [-0.3, -0.25) is 0 Å². The summed E-state index contributed by atoms with van der Waals surface area (Å²) in [7, 11) is 0. The second-order valence-corrected chi connectivity index (χ2v) is 6.58. The molecule has 0 fully saturated rings. The molecule has 0 unspecified atom stereocenters. The zero-order valence-electron chi connectivity index (χ0n) is 10.6. The first kappa shape index (κ1) is 15.5. The molecule has 96 valence electrons. The van der Waals surface area contributed by atoms with Gasteiger partial charge in [-0.1, -0.05) is 69.4 Å². The predicted molar refractivity (Wildman–Crippen MR) is 84.8 cm³/mol. The van der Waals surface area contributed by atoms with Crippen LogP contribution in [0, 0.1) is 18.3 Å². The molecule has 1 aromatic carbocycles. The Hall–Kier alpha value is 0.470. The normalized spacial score (nSPS) is 12.2. The average Bonchev–Trinajstić information content (AvgIpc) is 2.28.